The zero-order valence-corrected chi connectivity index (χ0v) is 9.55. The summed E-state index contributed by atoms with van der Waals surface area (Å²) in [6.07, 6.45) is 2.17. The lowest BCUT2D eigenvalue weighted by Crippen LogP contribution is -2.42. The van der Waals surface area contributed by atoms with Gasteiger partial charge in [0, 0.05) is 18.5 Å². The van der Waals surface area contributed by atoms with E-state index in [9.17, 15) is 4.79 Å². The van der Waals surface area contributed by atoms with Gasteiger partial charge in [-0.15, -0.1) is 0 Å². The van der Waals surface area contributed by atoms with Crippen LogP contribution in [0.5, 0.6) is 0 Å². The van der Waals surface area contributed by atoms with E-state index in [1.54, 1.807) is 0 Å². The van der Waals surface area contributed by atoms with Crippen LogP contribution in [-0.4, -0.2) is 36.5 Å². The van der Waals surface area contributed by atoms with E-state index >= 15 is 0 Å². The molecule has 0 aromatic carbocycles. The van der Waals surface area contributed by atoms with Gasteiger partial charge < -0.3 is 10.2 Å². The van der Waals surface area contributed by atoms with Gasteiger partial charge in [0.1, 0.15) is 0 Å². The Labute approximate surface area is 86.9 Å². The fourth-order valence-electron chi connectivity index (χ4n) is 1.62. The molecule has 1 atom stereocenters. The second-order valence-electron chi connectivity index (χ2n) is 4.17. The summed E-state index contributed by atoms with van der Waals surface area (Å²) in [4.78, 5) is 13.8. The summed E-state index contributed by atoms with van der Waals surface area (Å²) in [5.41, 5.74) is 0. The molecule has 0 bridgehead atoms. The van der Waals surface area contributed by atoms with E-state index in [0.717, 1.165) is 32.5 Å². The number of hydrogen-bond acceptors (Lipinski definition) is 2. The lowest BCUT2D eigenvalue weighted by atomic mass is 10.2. The van der Waals surface area contributed by atoms with Gasteiger partial charge in [0.25, 0.3) is 0 Å². The van der Waals surface area contributed by atoms with Crippen LogP contribution >= 0.6 is 0 Å². The zero-order chi connectivity index (χ0) is 10.6. The molecular weight excluding hydrogens is 176 g/mol. The Morgan fingerprint density at radius 3 is 2.43 bits per heavy atom. The van der Waals surface area contributed by atoms with Gasteiger partial charge in [-0.2, -0.15) is 0 Å². The largest absolute Gasteiger partial charge is 0.352 e. The van der Waals surface area contributed by atoms with Crippen LogP contribution in [0.25, 0.3) is 0 Å². The molecule has 3 heteroatoms. The van der Waals surface area contributed by atoms with Crippen LogP contribution in [0.4, 0.5) is 0 Å². The van der Waals surface area contributed by atoms with Crippen molar-refractivity contribution < 1.29 is 4.79 Å². The van der Waals surface area contributed by atoms with Gasteiger partial charge in [-0.1, -0.05) is 13.8 Å². The Morgan fingerprint density at radius 1 is 1.43 bits per heavy atom. The third-order valence-corrected chi connectivity index (χ3v) is 2.76. The highest BCUT2D eigenvalue weighted by Crippen LogP contribution is 2.28. The van der Waals surface area contributed by atoms with E-state index in [4.69, 9.17) is 0 Å². The van der Waals surface area contributed by atoms with Crippen molar-refractivity contribution >= 4 is 5.91 Å². The molecule has 0 aromatic heterocycles. The summed E-state index contributed by atoms with van der Waals surface area (Å²) in [6, 6.07) is 0.281. The summed E-state index contributed by atoms with van der Waals surface area (Å²) >= 11 is 0. The highest BCUT2D eigenvalue weighted by molar-refractivity contribution is 5.81. The minimum absolute atomic E-state index is 0.254. The van der Waals surface area contributed by atoms with Crippen molar-refractivity contribution in [3.8, 4) is 0 Å². The van der Waals surface area contributed by atoms with Crippen LogP contribution < -0.4 is 5.32 Å². The van der Waals surface area contributed by atoms with Gasteiger partial charge in [0.2, 0.25) is 5.91 Å². The fourth-order valence-corrected chi connectivity index (χ4v) is 1.62. The third kappa shape index (κ3) is 3.66. The lowest BCUT2D eigenvalue weighted by Gasteiger charge is -2.23. The van der Waals surface area contributed by atoms with Gasteiger partial charge in [0.05, 0.1) is 0 Å². The molecule has 0 spiro atoms. The number of rotatable bonds is 6. The predicted octanol–water partition coefficient (Wildman–Crippen LogP) is 1.24. The standard InChI is InChI=1S/C11H22N2O/c1-4-13(5-2)8-9(3)12-11(14)10-6-7-10/h9-10H,4-8H2,1-3H3,(H,12,14). The van der Waals surface area contributed by atoms with Crippen LogP contribution in [0.1, 0.15) is 33.6 Å². The van der Waals surface area contributed by atoms with Crippen molar-refractivity contribution in [2.75, 3.05) is 19.6 Å². The normalized spacial score (nSPS) is 18.3. The Morgan fingerprint density at radius 2 is 2.00 bits per heavy atom. The molecule has 0 radical (unpaired) electrons. The number of amides is 1. The topological polar surface area (TPSA) is 32.3 Å². The van der Waals surface area contributed by atoms with Crippen LogP contribution in [-0.2, 0) is 4.79 Å². The van der Waals surface area contributed by atoms with Gasteiger partial charge in [-0.3, -0.25) is 4.79 Å². The Bertz CT molecular complexity index is 186. The highest BCUT2D eigenvalue weighted by Gasteiger charge is 2.30. The summed E-state index contributed by atoms with van der Waals surface area (Å²) < 4.78 is 0. The van der Waals surface area contributed by atoms with Crippen LogP contribution in [0.2, 0.25) is 0 Å². The molecule has 14 heavy (non-hydrogen) atoms. The van der Waals surface area contributed by atoms with E-state index in [1.807, 2.05) is 0 Å². The summed E-state index contributed by atoms with van der Waals surface area (Å²) in [5.74, 6) is 0.582. The third-order valence-electron chi connectivity index (χ3n) is 2.76. The summed E-state index contributed by atoms with van der Waals surface area (Å²) in [6.45, 7) is 9.46. The van der Waals surface area contributed by atoms with E-state index < -0.39 is 0 Å². The average Bonchev–Trinajstić information content (AvgIpc) is 2.97. The number of carbonyl (C=O) groups is 1. The minimum Gasteiger partial charge on any atom is -0.352 e. The molecular formula is C11H22N2O. The highest BCUT2D eigenvalue weighted by atomic mass is 16.2. The van der Waals surface area contributed by atoms with Gasteiger partial charge in [0.15, 0.2) is 0 Å². The second-order valence-corrected chi connectivity index (χ2v) is 4.17. The maximum atomic E-state index is 11.4. The first-order chi connectivity index (χ1) is 6.67. The first kappa shape index (κ1) is 11.5. The van der Waals surface area contributed by atoms with E-state index in [-0.39, 0.29) is 11.9 Å². The van der Waals surface area contributed by atoms with Crippen LogP contribution in [0.15, 0.2) is 0 Å². The smallest absolute Gasteiger partial charge is 0.223 e. The molecule has 1 unspecified atom stereocenters. The number of hydrogen-bond donors (Lipinski definition) is 1. The van der Waals surface area contributed by atoms with Gasteiger partial charge >= 0.3 is 0 Å². The molecule has 0 aromatic rings. The maximum absolute atomic E-state index is 11.4. The first-order valence-electron chi connectivity index (χ1n) is 5.70. The molecule has 82 valence electrons. The molecule has 1 saturated carbocycles. The van der Waals surface area contributed by atoms with Crippen LogP contribution in [0, 0.1) is 5.92 Å². The summed E-state index contributed by atoms with van der Waals surface area (Å²) in [7, 11) is 0. The molecule has 1 rings (SSSR count). The van der Waals surface area contributed by atoms with Crippen molar-refractivity contribution in [2.45, 2.75) is 39.7 Å². The molecule has 1 N–H and O–H groups in total. The van der Waals surface area contributed by atoms with Gasteiger partial charge in [-0.05, 0) is 32.9 Å². The van der Waals surface area contributed by atoms with Crippen molar-refractivity contribution in [3.63, 3.8) is 0 Å². The second kappa shape index (κ2) is 5.35. The van der Waals surface area contributed by atoms with Crippen molar-refractivity contribution in [1.82, 2.24) is 10.2 Å². The molecule has 1 fully saturated rings. The number of likely N-dealkylation sites (N-methyl/N-ethyl adjacent to an activating group) is 1. The fraction of sp³-hybridized carbons (Fsp3) is 0.909. The Hall–Kier alpha value is -0.570. The molecule has 3 nitrogen and oxygen atoms in total. The molecule has 1 aliphatic rings. The first-order valence-corrected chi connectivity index (χ1v) is 5.70. The molecule has 0 heterocycles. The SMILES string of the molecule is CCN(CC)CC(C)NC(=O)C1CC1. The molecule has 0 saturated heterocycles. The predicted molar refractivity (Wildman–Crippen MR) is 58.1 cm³/mol. The minimum atomic E-state index is 0.254. The van der Waals surface area contributed by atoms with E-state index in [2.05, 4.69) is 31.0 Å². The number of carbonyl (C=O) groups excluding carboxylic acids is 1. The molecule has 1 amide bonds. The molecule has 0 aliphatic heterocycles. The Balaban J connectivity index is 2.19. The quantitative estimate of drug-likeness (QED) is 0.696. The maximum Gasteiger partial charge on any atom is 0.223 e. The number of nitrogens with one attached hydrogen (secondary N) is 1. The number of nitrogens with zero attached hydrogens (tertiary/aromatic N) is 1. The van der Waals surface area contributed by atoms with E-state index in [0.29, 0.717) is 5.92 Å². The van der Waals surface area contributed by atoms with Crippen molar-refractivity contribution in [1.29, 1.82) is 0 Å². The molecule has 1 aliphatic carbocycles. The Kier molecular flexibility index (Phi) is 4.39. The lowest BCUT2D eigenvalue weighted by molar-refractivity contribution is -0.123. The van der Waals surface area contributed by atoms with Crippen molar-refractivity contribution in [2.24, 2.45) is 5.92 Å². The monoisotopic (exact) mass is 198 g/mol. The van der Waals surface area contributed by atoms with Crippen LogP contribution in [0.3, 0.4) is 0 Å². The summed E-state index contributed by atoms with van der Waals surface area (Å²) in [5, 5.41) is 3.06. The average molecular weight is 198 g/mol. The van der Waals surface area contributed by atoms with E-state index in [1.165, 1.54) is 0 Å². The van der Waals surface area contributed by atoms with Gasteiger partial charge in [-0.25, -0.2) is 0 Å². The van der Waals surface area contributed by atoms with Crippen molar-refractivity contribution in [3.05, 3.63) is 0 Å². The zero-order valence-electron chi connectivity index (χ0n) is 9.55.